The lowest BCUT2D eigenvalue weighted by Gasteiger charge is -2.40. The van der Waals surface area contributed by atoms with E-state index in [1.807, 2.05) is 6.07 Å². The number of halogens is 2. The van der Waals surface area contributed by atoms with Gasteiger partial charge < -0.3 is 20.6 Å². The van der Waals surface area contributed by atoms with E-state index in [9.17, 15) is 24.3 Å². The van der Waals surface area contributed by atoms with Crippen molar-refractivity contribution in [2.45, 2.75) is 69.9 Å². The Morgan fingerprint density at radius 1 is 0.875 bits per heavy atom. The topological polar surface area (TPSA) is 116 Å². The number of nitrogens with one attached hydrogen (secondary N) is 2. The van der Waals surface area contributed by atoms with E-state index in [0.29, 0.717) is 18.5 Å². The quantitative estimate of drug-likeness (QED) is 0.367. The lowest BCUT2D eigenvalue weighted by Crippen LogP contribution is -2.52. The summed E-state index contributed by atoms with van der Waals surface area (Å²) in [7, 11) is 0. The van der Waals surface area contributed by atoms with Crippen LogP contribution in [-0.4, -0.2) is 58.9 Å². The van der Waals surface area contributed by atoms with Crippen LogP contribution in [0.3, 0.4) is 0 Å². The first-order valence-electron chi connectivity index (χ1n) is 13.8. The number of amides is 3. The minimum Gasteiger partial charge on any atom is -0.480 e. The molecule has 2 atom stereocenters. The van der Waals surface area contributed by atoms with Crippen LogP contribution >= 0.6 is 23.2 Å². The number of carbonyl (C=O) groups excluding carboxylic acids is 3. The average Bonchev–Trinajstić information content (AvgIpc) is 3.38. The van der Waals surface area contributed by atoms with E-state index in [4.69, 9.17) is 23.2 Å². The van der Waals surface area contributed by atoms with Crippen molar-refractivity contribution in [2.75, 3.05) is 13.1 Å². The fraction of sp³-hybridized carbons (Fsp3) is 0.467. The molecule has 0 unspecified atom stereocenters. The van der Waals surface area contributed by atoms with E-state index < -0.39 is 29.9 Å². The van der Waals surface area contributed by atoms with Crippen LogP contribution in [0.15, 0.2) is 48.5 Å². The van der Waals surface area contributed by atoms with Crippen molar-refractivity contribution >= 4 is 46.9 Å². The summed E-state index contributed by atoms with van der Waals surface area (Å²) in [6, 6.07) is 11.4. The summed E-state index contributed by atoms with van der Waals surface area (Å²) >= 11 is 12.1. The van der Waals surface area contributed by atoms with Crippen LogP contribution in [0.1, 0.15) is 67.3 Å². The number of rotatable bonds is 10. The van der Waals surface area contributed by atoms with Crippen LogP contribution in [0.2, 0.25) is 10.0 Å². The number of carboxylic acids is 1. The van der Waals surface area contributed by atoms with Crippen molar-refractivity contribution in [3.63, 3.8) is 0 Å². The van der Waals surface area contributed by atoms with Crippen molar-refractivity contribution in [3.05, 3.63) is 69.7 Å². The SMILES string of the molecule is O=C(CC[C@@H](NC(=O)c1cc(Cl)cc(Cl)c1)C(=O)N1CCC2(CCCC2)CC1)N[C@@H](Cc1ccccc1)C(=O)O. The molecule has 1 saturated carbocycles. The molecule has 1 aliphatic carbocycles. The lowest BCUT2D eigenvalue weighted by molar-refractivity contribution is -0.142. The number of carboxylic acid groups (broad SMARTS) is 1. The molecule has 1 saturated heterocycles. The number of benzene rings is 2. The van der Waals surface area contributed by atoms with E-state index in [2.05, 4.69) is 10.6 Å². The second-order valence-electron chi connectivity index (χ2n) is 10.9. The maximum absolute atomic E-state index is 13.6. The van der Waals surface area contributed by atoms with Crippen molar-refractivity contribution in [1.82, 2.24) is 15.5 Å². The summed E-state index contributed by atoms with van der Waals surface area (Å²) in [5.41, 5.74) is 1.30. The smallest absolute Gasteiger partial charge is 0.326 e. The van der Waals surface area contributed by atoms with Crippen LogP contribution in [-0.2, 0) is 20.8 Å². The molecule has 0 bridgehead atoms. The monoisotopic (exact) mass is 587 g/mol. The van der Waals surface area contributed by atoms with Crippen LogP contribution in [0.5, 0.6) is 0 Å². The molecule has 40 heavy (non-hydrogen) atoms. The fourth-order valence-electron chi connectivity index (χ4n) is 5.82. The summed E-state index contributed by atoms with van der Waals surface area (Å²) in [6.45, 7) is 1.22. The number of nitrogens with zero attached hydrogens (tertiary/aromatic N) is 1. The second-order valence-corrected chi connectivity index (χ2v) is 11.8. The molecule has 1 heterocycles. The standard InChI is InChI=1S/C30H35Cl2N3O5/c31-22-17-21(18-23(32)19-22)27(37)34-24(28(38)35-14-12-30(13-15-35)10-4-5-11-30)8-9-26(36)33-25(29(39)40)16-20-6-2-1-3-7-20/h1-3,6-7,17-19,24-25H,4-5,8-16H2,(H,33,36)(H,34,37)(H,39,40)/t24-,25+/m1/s1. The van der Waals surface area contributed by atoms with Gasteiger partial charge in [0, 0.05) is 41.5 Å². The van der Waals surface area contributed by atoms with Crippen molar-refractivity contribution < 1.29 is 24.3 Å². The van der Waals surface area contributed by atoms with Gasteiger partial charge in [0.1, 0.15) is 12.1 Å². The molecule has 3 amide bonds. The van der Waals surface area contributed by atoms with Gasteiger partial charge in [-0.3, -0.25) is 14.4 Å². The highest BCUT2D eigenvalue weighted by molar-refractivity contribution is 6.35. The first-order valence-corrected chi connectivity index (χ1v) is 14.5. The van der Waals surface area contributed by atoms with Crippen LogP contribution in [0.25, 0.3) is 0 Å². The largest absolute Gasteiger partial charge is 0.480 e. The maximum Gasteiger partial charge on any atom is 0.326 e. The zero-order valence-corrected chi connectivity index (χ0v) is 23.8. The Morgan fingerprint density at radius 3 is 2.10 bits per heavy atom. The van der Waals surface area contributed by atoms with Crippen molar-refractivity contribution in [3.8, 4) is 0 Å². The summed E-state index contributed by atoms with van der Waals surface area (Å²) in [5, 5.41) is 15.6. The first kappa shape index (κ1) is 29.9. The van der Waals surface area contributed by atoms with Crippen LogP contribution < -0.4 is 10.6 Å². The molecular formula is C30H35Cl2N3O5. The molecule has 8 nitrogen and oxygen atoms in total. The van der Waals surface area contributed by atoms with Crippen LogP contribution in [0, 0.1) is 5.41 Å². The number of carbonyl (C=O) groups is 4. The molecule has 0 radical (unpaired) electrons. The minimum absolute atomic E-state index is 0.0179. The van der Waals surface area contributed by atoms with E-state index in [1.165, 1.54) is 43.9 Å². The Balaban J connectivity index is 1.42. The van der Waals surface area contributed by atoms with E-state index >= 15 is 0 Å². The van der Waals surface area contributed by atoms with Gasteiger partial charge in [-0.05, 0) is 61.3 Å². The van der Waals surface area contributed by atoms with Crippen molar-refractivity contribution in [2.24, 2.45) is 5.41 Å². The first-order chi connectivity index (χ1) is 19.1. The zero-order chi connectivity index (χ0) is 28.7. The Kier molecular flexibility index (Phi) is 10.1. The summed E-state index contributed by atoms with van der Waals surface area (Å²) < 4.78 is 0. The average molecular weight is 589 g/mol. The number of hydrogen-bond acceptors (Lipinski definition) is 4. The molecule has 1 spiro atoms. The molecule has 2 fully saturated rings. The molecule has 214 valence electrons. The highest BCUT2D eigenvalue weighted by Gasteiger charge is 2.39. The van der Waals surface area contributed by atoms with Gasteiger partial charge in [0.15, 0.2) is 0 Å². The lowest BCUT2D eigenvalue weighted by atomic mass is 9.77. The summed E-state index contributed by atoms with van der Waals surface area (Å²) in [5.74, 6) is -2.43. The molecule has 2 aromatic carbocycles. The minimum atomic E-state index is -1.15. The van der Waals surface area contributed by atoms with E-state index in [1.54, 1.807) is 29.2 Å². The third kappa shape index (κ3) is 7.98. The van der Waals surface area contributed by atoms with Gasteiger partial charge in [0.05, 0.1) is 0 Å². The highest BCUT2D eigenvalue weighted by atomic mass is 35.5. The zero-order valence-electron chi connectivity index (χ0n) is 22.3. The van der Waals surface area contributed by atoms with Gasteiger partial charge in [-0.25, -0.2) is 4.79 Å². The van der Waals surface area contributed by atoms with E-state index in [-0.39, 0.29) is 40.8 Å². The van der Waals surface area contributed by atoms with Gasteiger partial charge in [-0.15, -0.1) is 0 Å². The third-order valence-electron chi connectivity index (χ3n) is 8.10. The van der Waals surface area contributed by atoms with Gasteiger partial charge in [0.2, 0.25) is 11.8 Å². The molecule has 0 aromatic heterocycles. The Bertz CT molecular complexity index is 1200. The van der Waals surface area contributed by atoms with E-state index in [0.717, 1.165) is 18.4 Å². The fourth-order valence-corrected chi connectivity index (χ4v) is 6.35. The molecule has 2 aliphatic rings. The molecule has 2 aromatic rings. The van der Waals surface area contributed by atoms with Crippen molar-refractivity contribution in [1.29, 1.82) is 0 Å². The van der Waals surface area contributed by atoms with Gasteiger partial charge in [-0.1, -0.05) is 66.4 Å². The molecule has 1 aliphatic heterocycles. The third-order valence-corrected chi connectivity index (χ3v) is 8.54. The Hall–Kier alpha value is -3.10. The van der Waals surface area contributed by atoms with Gasteiger partial charge in [-0.2, -0.15) is 0 Å². The predicted octanol–water partition coefficient (Wildman–Crippen LogP) is 4.87. The number of piperidine rings is 1. The highest BCUT2D eigenvalue weighted by Crippen LogP contribution is 2.46. The maximum atomic E-state index is 13.6. The Morgan fingerprint density at radius 2 is 1.50 bits per heavy atom. The molecular weight excluding hydrogens is 553 g/mol. The molecule has 4 rings (SSSR count). The Labute approximate surface area is 244 Å². The van der Waals surface area contributed by atoms with Gasteiger partial charge >= 0.3 is 5.97 Å². The molecule has 3 N–H and O–H groups in total. The number of hydrogen-bond donors (Lipinski definition) is 3. The van der Waals surface area contributed by atoms with Gasteiger partial charge in [0.25, 0.3) is 5.91 Å². The number of likely N-dealkylation sites (tertiary alicyclic amines) is 1. The normalized spacial score (nSPS) is 17.7. The number of aliphatic carboxylic acids is 1. The summed E-state index contributed by atoms with van der Waals surface area (Å²) in [4.78, 5) is 53.1. The van der Waals surface area contributed by atoms with Crippen LogP contribution in [0.4, 0.5) is 0 Å². The molecule has 10 heteroatoms. The predicted molar refractivity (Wildman–Crippen MR) is 153 cm³/mol. The second kappa shape index (κ2) is 13.5. The summed E-state index contributed by atoms with van der Waals surface area (Å²) in [6.07, 6.45) is 6.72.